The van der Waals surface area contributed by atoms with Gasteiger partial charge in [0.25, 0.3) is 5.91 Å². The van der Waals surface area contributed by atoms with Gasteiger partial charge in [0.1, 0.15) is 5.82 Å². The molecule has 1 heterocycles. The van der Waals surface area contributed by atoms with Gasteiger partial charge >= 0.3 is 0 Å². The summed E-state index contributed by atoms with van der Waals surface area (Å²) in [7, 11) is 0. The van der Waals surface area contributed by atoms with E-state index in [2.05, 4.69) is 5.32 Å². The van der Waals surface area contributed by atoms with E-state index in [9.17, 15) is 9.18 Å². The van der Waals surface area contributed by atoms with Crippen molar-refractivity contribution in [2.75, 3.05) is 13.1 Å². The fraction of sp³-hybridized carbons (Fsp3) is 0.500. The molecule has 0 spiro atoms. The molecule has 18 heavy (non-hydrogen) atoms. The Balaban J connectivity index is 2.20. The van der Waals surface area contributed by atoms with Crippen molar-refractivity contribution in [3.05, 3.63) is 35.6 Å². The molecule has 1 aliphatic heterocycles. The van der Waals surface area contributed by atoms with Gasteiger partial charge in [-0.15, -0.1) is 0 Å². The van der Waals surface area contributed by atoms with Crippen LogP contribution in [0.2, 0.25) is 0 Å². The molecule has 1 aromatic carbocycles. The van der Waals surface area contributed by atoms with Gasteiger partial charge in [-0.1, -0.05) is 0 Å². The van der Waals surface area contributed by atoms with Crippen LogP contribution in [0.1, 0.15) is 30.6 Å². The fourth-order valence-corrected chi connectivity index (χ4v) is 2.44. The van der Waals surface area contributed by atoms with Crippen LogP contribution in [-0.2, 0) is 0 Å². The lowest BCUT2D eigenvalue weighted by molar-refractivity contribution is 0.0626. The molecule has 1 aliphatic rings. The SMILES string of the molecule is CC(C)N(C(=O)c1ccc(F)cc1)C1CCNC1. The van der Waals surface area contributed by atoms with Crippen LogP contribution in [-0.4, -0.2) is 36.0 Å². The molecule has 1 amide bonds. The van der Waals surface area contributed by atoms with Gasteiger partial charge in [-0.05, 0) is 51.1 Å². The van der Waals surface area contributed by atoms with E-state index in [1.54, 1.807) is 12.1 Å². The Morgan fingerprint density at radius 2 is 2.06 bits per heavy atom. The summed E-state index contributed by atoms with van der Waals surface area (Å²) in [6, 6.07) is 6.15. The van der Waals surface area contributed by atoms with Crippen LogP contribution in [0.25, 0.3) is 0 Å². The van der Waals surface area contributed by atoms with Gasteiger partial charge in [0, 0.05) is 24.2 Å². The third kappa shape index (κ3) is 2.70. The van der Waals surface area contributed by atoms with Crippen molar-refractivity contribution >= 4 is 5.91 Å². The molecule has 1 unspecified atom stereocenters. The molecule has 0 aliphatic carbocycles. The van der Waals surface area contributed by atoms with Crippen molar-refractivity contribution < 1.29 is 9.18 Å². The normalized spacial score (nSPS) is 19.2. The molecule has 3 nitrogen and oxygen atoms in total. The molecule has 0 saturated carbocycles. The highest BCUT2D eigenvalue weighted by Gasteiger charge is 2.29. The van der Waals surface area contributed by atoms with Crippen LogP contribution < -0.4 is 5.32 Å². The smallest absolute Gasteiger partial charge is 0.254 e. The van der Waals surface area contributed by atoms with E-state index in [4.69, 9.17) is 0 Å². The number of benzene rings is 1. The van der Waals surface area contributed by atoms with Crippen molar-refractivity contribution in [2.45, 2.75) is 32.4 Å². The van der Waals surface area contributed by atoms with Crippen molar-refractivity contribution in [1.82, 2.24) is 10.2 Å². The quantitative estimate of drug-likeness (QED) is 0.890. The minimum atomic E-state index is -0.315. The van der Waals surface area contributed by atoms with Crippen molar-refractivity contribution in [3.63, 3.8) is 0 Å². The van der Waals surface area contributed by atoms with Gasteiger partial charge in [0.15, 0.2) is 0 Å². The highest BCUT2D eigenvalue weighted by atomic mass is 19.1. The number of nitrogens with one attached hydrogen (secondary N) is 1. The Labute approximate surface area is 107 Å². The molecule has 1 N–H and O–H groups in total. The topological polar surface area (TPSA) is 32.3 Å². The first-order valence-corrected chi connectivity index (χ1v) is 6.38. The Bertz CT molecular complexity index is 410. The van der Waals surface area contributed by atoms with E-state index < -0.39 is 0 Å². The monoisotopic (exact) mass is 250 g/mol. The first-order chi connectivity index (χ1) is 8.59. The summed E-state index contributed by atoms with van der Waals surface area (Å²) in [6.07, 6.45) is 0.977. The molecule has 0 bridgehead atoms. The van der Waals surface area contributed by atoms with Crippen LogP contribution in [0, 0.1) is 5.82 Å². The highest BCUT2D eigenvalue weighted by molar-refractivity contribution is 5.94. The molecule has 0 radical (unpaired) electrons. The van der Waals surface area contributed by atoms with Gasteiger partial charge < -0.3 is 10.2 Å². The van der Waals surface area contributed by atoms with Gasteiger partial charge in [0.2, 0.25) is 0 Å². The minimum absolute atomic E-state index is 0.0151. The average molecular weight is 250 g/mol. The third-order valence-corrected chi connectivity index (χ3v) is 3.31. The molecule has 1 fully saturated rings. The number of carbonyl (C=O) groups is 1. The van der Waals surface area contributed by atoms with Gasteiger partial charge in [-0.3, -0.25) is 4.79 Å². The van der Waals surface area contributed by atoms with Gasteiger partial charge in [-0.25, -0.2) is 4.39 Å². The largest absolute Gasteiger partial charge is 0.332 e. The van der Waals surface area contributed by atoms with Crippen LogP contribution in [0.15, 0.2) is 24.3 Å². The lowest BCUT2D eigenvalue weighted by atomic mass is 10.1. The zero-order chi connectivity index (χ0) is 13.1. The predicted molar refractivity (Wildman–Crippen MR) is 69.0 cm³/mol. The number of carbonyl (C=O) groups excluding carboxylic acids is 1. The molecular weight excluding hydrogens is 231 g/mol. The number of amides is 1. The minimum Gasteiger partial charge on any atom is -0.332 e. The van der Waals surface area contributed by atoms with Crippen LogP contribution in [0.4, 0.5) is 4.39 Å². The number of hydrogen-bond donors (Lipinski definition) is 1. The summed E-state index contributed by atoms with van der Waals surface area (Å²) in [5.41, 5.74) is 0.553. The van der Waals surface area contributed by atoms with Crippen LogP contribution in [0.3, 0.4) is 0 Å². The summed E-state index contributed by atoms with van der Waals surface area (Å²) >= 11 is 0. The number of hydrogen-bond acceptors (Lipinski definition) is 2. The van der Waals surface area contributed by atoms with Gasteiger partial charge in [-0.2, -0.15) is 0 Å². The molecular formula is C14H19FN2O. The fourth-order valence-electron chi connectivity index (χ4n) is 2.44. The molecule has 4 heteroatoms. The molecule has 1 atom stereocenters. The molecule has 98 valence electrons. The molecule has 1 aromatic rings. The van der Waals surface area contributed by atoms with E-state index >= 15 is 0 Å². The highest BCUT2D eigenvalue weighted by Crippen LogP contribution is 2.17. The zero-order valence-corrected chi connectivity index (χ0v) is 10.8. The van der Waals surface area contributed by atoms with E-state index in [1.165, 1.54) is 12.1 Å². The number of rotatable bonds is 3. The van der Waals surface area contributed by atoms with Crippen molar-refractivity contribution in [3.8, 4) is 0 Å². The number of nitrogens with zero attached hydrogens (tertiary/aromatic N) is 1. The average Bonchev–Trinajstić information content (AvgIpc) is 2.83. The summed E-state index contributed by atoms with van der Waals surface area (Å²) in [5, 5.41) is 3.27. The summed E-state index contributed by atoms with van der Waals surface area (Å²) in [6.45, 7) is 5.81. The maximum absolute atomic E-state index is 12.9. The lowest BCUT2D eigenvalue weighted by Gasteiger charge is -2.32. The summed E-state index contributed by atoms with van der Waals surface area (Å²) < 4.78 is 12.9. The van der Waals surface area contributed by atoms with Crippen LogP contribution in [0.5, 0.6) is 0 Å². The second-order valence-electron chi connectivity index (χ2n) is 4.96. The lowest BCUT2D eigenvalue weighted by Crippen LogP contribution is -2.45. The van der Waals surface area contributed by atoms with Crippen molar-refractivity contribution in [2.24, 2.45) is 0 Å². The Morgan fingerprint density at radius 1 is 1.39 bits per heavy atom. The van der Waals surface area contributed by atoms with Crippen LogP contribution >= 0.6 is 0 Å². The van der Waals surface area contributed by atoms with E-state index in [0.717, 1.165) is 19.5 Å². The predicted octanol–water partition coefficient (Wildman–Crippen LogP) is 2.04. The second-order valence-corrected chi connectivity index (χ2v) is 4.96. The van der Waals surface area contributed by atoms with Gasteiger partial charge in [0.05, 0.1) is 0 Å². The first-order valence-electron chi connectivity index (χ1n) is 6.38. The van der Waals surface area contributed by atoms with E-state index in [-0.39, 0.29) is 23.8 Å². The maximum Gasteiger partial charge on any atom is 0.254 e. The summed E-state index contributed by atoms with van der Waals surface area (Å²) in [4.78, 5) is 14.4. The Hall–Kier alpha value is -1.42. The zero-order valence-electron chi connectivity index (χ0n) is 10.8. The molecule has 2 rings (SSSR count). The number of halogens is 1. The Kier molecular flexibility index (Phi) is 3.97. The van der Waals surface area contributed by atoms with E-state index in [1.807, 2.05) is 18.7 Å². The van der Waals surface area contributed by atoms with Crippen molar-refractivity contribution in [1.29, 1.82) is 0 Å². The molecule has 1 saturated heterocycles. The molecule has 0 aromatic heterocycles. The standard InChI is InChI=1S/C14H19FN2O/c1-10(2)17(13-7-8-16-9-13)14(18)11-3-5-12(15)6-4-11/h3-6,10,13,16H,7-9H2,1-2H3. The first kappa shape index (κ1) is 13.0. The maximum atomic E-state index is 12.9. The van der Waals surface area contributed by atoms with E-state index in [0.29, 0.717) is 5.56 Å². The summed E-state index contributed by atoms with van der Waals surface area (Å²) in [5.74, 6) is -0.330. The second kappa shape index (κ2) is 5.48. The third-order valence-electron chi connectivity index (χ3n) is 3.31. The Morgan fingerprint density at radius 3 is 2.56 bits per heavy atom.